The Kier molecular flexibility index (Phi) is 6.28. The van der Waals surface area contributed by atoms with Gasteiger partial charge in [-0.3, -0.25) is 9.69 Å². The number of para-hydroxylation sites is 2. The summed E-state index contributed by atoms with van der Waals surface area (Å²) < 4.78 is 11.4. The third-order valence-corrected chi connectivity index (χ3v) is 6.36. The molecule has 3 aromatic carbocycles. The molecule has 6 nitrogen and oxygen atoms in total. The number of hydrogen-bond donors (Lipinski definition) is 2. The number of carbonyl (C=O) groups excluding carboxylic acids is 1. The van der Waals surface area contributed by atoms with E-state index in [4.69, 9.17) is 15.2 Å². The average molecular weight is 444 g/mol. The first-order valence-corrected chi connectivity index (χ1v) is 11.5. The van der Waals surface area contributed by atoms with Crippen molar-refractivity contribution in [1.82, 2.24) is 4.90 Å². The van der Waals surface area contributed by atoms with Crippen LogP contribution in [0.25, 0.3) is 0 Å². The lowest BCUT2D eigenvalue weighted by molar-refractivity contribution is 0.0322. The zero-order valence-electron chi connectivity index (χ0n) is 18.7. The first-order chi connectivity index (χ1) is 16.2. The van der Waals surface area contributed by atoms with E-state index in [0.29, 0.717) is 12.3 Å². The molecule has 2 aliphatic rings. The number of ketones is 1. The van der Waals surface area contributed by atoms with Gasteiger partial charge in [-0.15, -0.1) is 0 Å². The molecule has 0 bridgehead atoms. The number of fused-ring (bicyclic) bond motifs is 2. The van der Waals surface area contributed by atoms with Crippen LogP contribution in [0, 0.1) is 0 Å². The van der Waals surface area contributed by atoms with Gasteiger partial charge in [-0.2, -0.15) is 0 Å². The molecule has 6 heteroatoms. The Morgan fingerprint density at radius 1 is 0.939 bits per heavy atom. The number of carbonyl (C=O) groups is 1. The van der Waals surface area contributed by atoms with Crippen molar-refractivity contribution in [2.24, 2.45) is 0 Å². The van der Waals surface area contributed by atoms with Crippen LogP contribution in [-0.4, -0.2) is 50.1 Å². The molecular formula is C27H29N3O3. The Balaban J connectivity index is 1.31. The molecular weight excluding hydrogens is 414 g/mol. The van der Waals surface area contributed by atoms with Gasteiger partial charge in [-0.05, 0) is 66.4 Å². The number of ether oxygens (including phenoxy) is 2. The average Bonchev–Trinajstić information content (AvgIpc) is 2.98. The normalized spacial score (nSPS) is 15.9. The maximum absolute atomic E-state index is 13.4. The van der Waals surface area contributed by atoms with Gasteiger partial charge in [-0.25, -0.2) is 0 Å². The van der Waals surface area contributed by atoms with Crippen LogP contribution in [0.4, 0.5) is 17.1 Å². The Morgan fingerprint density at radius 3 is 2.61 bits per heavy atom. The number of nitrogens with one attached hydrogen (secondary N) is 1. The number of benzene rings is 3. The summed E-state index contributed by atoms with van der Waals surface area (Å²) in [6.45, 7) is 4.90. The van der Waals surface area contributed by atoms with E-state index in [-0.39, 0.29) is 5.78 Å². The van der Waals surface area contributed by atoms with Crippen LogP contribution in [0.2, 0.25) is 0 Å². The summed E-state index contributed by atoms with van der Waals surface area (Å²) in [5.74, 6) is 0.804. The standard InChI is InChI=1S/C27H29N3O3/c28-25-3-1-2-4-26(25)29-21-8-10-23-20(17-21)6-5-19-7-9-22(18-24(19)27(23)31)33-16-13-30-11-14-32-15-12-30/h1-4,7-10,17-18,29H,5-6,11-16,28H2. The number of morpholine rings is 1. The summed E-state index contributed by atoms with van der Waals surface area (Å²) >= 11 is 0. The molecule has 0 unspecified atom stereocenters. The molecule has 1 fully saturated rings. The number of anilines is 3. The molecule has 0 radical (unpaired) electrons. The maximum Gasteiger partial charge on any atom is 0.193 e. The minimum atomic E-state index is 0.0573. The monoisotopic (exact) mass is 443 g/mol. The molecule has 33 heavy (non-hydrogen) atoms. The highest BCUT2D eigenvalue weighted by Gasteiger charge is 2.22. The highest BCUT2D eigenvalue weighted by atomic mass is 16.5. The predicted octanol–water partition coefficient (Wildman–Crippen LogP) is 4.05. The first-order valence-electron chi connectivity index (χ1n) is 11.5. The summed E-state index contributed by atoms with van der Waals surface area (Å²) in [5.41, 5.74) is 12.2. The summed E-state index contributed by atoms with van der Waals surface area (Å²) in [4.78, 5) is 15.7. The Bertz CT molecular complexity index is 1160. The highest BCUT2D eigenvalue weighted by molar-refractivity contribution is 6.11. The fourth-order valence-corrected chi connectivity index (χ4v) is 4.47. The van der Waals surface area contributed by atoms with Crippen molar-refractivity contribution >= 4 is 22.8 Å². The van der Waals surface area contributed by atoms with Crippen molar-refractivity contribution in [3.05, 3.63) is 82.9 Å². The van der Waals surface area contributed by atoms with Crippen LogP contribution in [0.15, 0.2) is 60.7 Å². The topological polar surface area (TPSA) is 76.8 Å². The minimum Gasteiger partial charge on any atom is -0.492 e. The lowest BCUT2D eigenvalue weighted by atomic mass is 9.98. The van der Waals surface area contributed by atoms with E-state index >= 15 is 0 Å². The molecule has 1 heterocycles. The molecule has 1 saturated heterocycles. The van der Waals surface area contributed by atoms with Crippen LogP contribution in [0.5, 0.6) is 5.75 Å². The van der Waals surface area contributed by atoms with Crippen LogP contribution < -0.4 is 15.8 Å². The lowest BCUT2D eigenvalue weighted by Crippen LogP contribution is -2.38. The molecule has 170 valence electrons. The minimum absolute atomic E-state index is 0.0573. The number of nitrogens with two attached hydrogens (primary N) is 1. The molecule has 0 spiro atoms. The second-order valence-corrected chi connectivity index (χ2v) is 8.53. The van der Waals surface area contributed by atoms with Gasteiger partial charge >= 0.3 is 0 Å². The predicted molar refractivity (Wildman–Crippen MR) is 131 cm³/mol. The Hall–Kier alpha value is -3.35. The van der Waals surface area contributed by atoms with Crippen molar-refractivity contribution in [3.8, 4) is 5.75 Å². The van der Waals surface area contributed by atoms with Crippen LogP contribution in [0.3, 0.4) is 0 Å². The quantitative estimate of drug-likeness (QED) is 0.560. The molecule has 0 aromatic heterocycles. The van der Waals surface area contributed by atoms with E-state index in [1.165, 1.54) is 0 Å². The zero-order valence-corrected chi connectivity index (χ0v) is 18.7. The van der Waals surface area contributed by atoms with Gasteiger partial charge in [0.15, 0.2) is 5.78 Å². The Labute approximate surface area is 194 Å². The van der Waals surface area contributed by atoms with Crippen LogP contribution in [-0.2, 0) is 17.6 Å². The van der Waals surface area contributed by atoms with E-state index in [2.05, 4.69) is 16.3 Å². The zero-order chi connectivity index (χ0) is 22.6. The summed E-state index contributed by atoms with van der Waals surface area (Å²) in [6, 6.07) is 19.5. The fraction of sp³-hybridized carbons (Fsp3) is 0.296. The number of rotatable bonds is 6. The molecule has 0 amide bonds. The maximum atomic E-state index is 13.4. The van der Waals surface area contributed by atoms with Crippen molar-refractivity contribution < 1.29 is 14.3 Å². The van der Waals surface area contributed by atoms with Crippen molar-refractivity contribution in [2.45, 2.75) is 12.8 Å². The SMILES string of the molecule is Nc1ccccc1Nc1ccc2c(c1)CCc1ccc(OCCN3CCOCC3)cc1C2=O. The smallest absolute Gasteiger partial charge is 0.193 e. The van der Waals surface area contributed by atoms with Gasteiger partial charge in [0.05, 0.1) is 24.6 Å². The molecule has 1 aliphatic carbocycles. The van der Waals surface area contributed by atoms with Crippen molar-refractivity contribution in [1.29, 1.82) is 0 Å². The lowest BCUT2D eigenvalue weighted by Gasteiger charge is -2.26. The van der Waals surface area contributed by atoms with E-state index in [0.717, 1.165) is 85.1 Å². The first kappa shape index (κ1) is 21.5. The van der Waals surface area contributed by atoms with Gasteiger partial charge in [0.25, 0.3) is 0 Å². The number of aryl methyl sites for hydroxylation is 2. The number of hydrogen-bond acceptors (Lipinski definition) is 6. The second-order valence-electron chi connectivity index (χ2n) is 8.53. The van der Waals surface area contributed by atoms with E-state index in [1.807, 2.05) is 54.6 Å². The molecule has 0 saturated carbocycles. The number of nitrogens with zero attached hydrogens (tertiary/aromatic N) is 1. The van der Waals surface area contributed by atoms with Crippen molar-refractivity contribution in [3.63, 3.8) is 0 Å². The van der Waals surface area contributed by atoms with Gasteiger partial charge in [0.1, 0.15) is 12.4 Å². The van der Waals surface area contributed by atoms with Gasteiger partial charge in [0, 0.05) is 36.4 Å². The fourth-order valence-electron chi connectivity index (χ4n) is 4.47. The molecule has 3 N–H and O–H groups in total. The van der Waals surface area contributed by atoms with Crippen molar-refractivity contribution in [2.75, 3.05) is 50.5 Å². The van der Waals surface area contributed by atoms with Gasteiger partial charge < -0.3 is 20.5 Å². The van der Waals surface area contributed by atoms with Gasteiger partial charge in [0.2, 0.25) is 0 Å². The summed E-state index contributed by atoms with van der Waals surface area (Å²) in [7, 11) is 0. The largest absolute Gasteiger partial charge is 0.492 e. The molecule has 3 aromatic rings. The molecule has 1 aliphatic heterocycles. The summed E-state index contributed by atoms with van der Waals surface area (Å²) in [5, 5.41) is 3.37. The third-order valence-electron chi connectivity index (χ3n) is 6.36. The van der Waals surface area contributed by atoms with E-state index in [9.17, 15) is 4.79 Å². The van der Waals surface area contributed by atoms with Crippen LogP contribution >= 0.6 is 0 Å². The highest BCUT2D eigenvalue weighted by Crippen LogP contribution is 2.30. The molecule has 0 atom stereocenters. The van der Waals surface area contributed by atoms with E-state index in [1.54, 1.807) is 0 Å². The van der Waals surface area contributed by atoms with E-state index < -0.39 is 0 Å². The van der Waals surface area contributed by atoms with Gasteiger partial charge in [-0.1, -0.05) is 18.2 Å². The third kappa shape index (κ3) is 4.87. The summed E-state index contributed by atoms with van der Waals surface area (Å²) in [6.07, 6.45) is 1.63. The van der Waals surface area contributed by atoms with Crippen LogP contribution in [0.1, 0.15) is 27.0 Å². The second kappa shape index (κ2) is 9.65. The Morgan fingerprint density at radius 2 is 1.76 bits per heavy atom. The number of nitrogen functional groups attached to an aromatic ring is 1. The molecule has 5 rings (SSSR count).